The molecule has 0 atom stereocenters. The summed E-state index contributed by atoms with van der Waals surface area (Å²) in [5.74, 6) is -0.150. The number of carbonyl (C=O) groups excluding carboxylic acids is 2. The molecule has 5 nitrogen and oxygen atoms in total. The molecule has 0 saturated heterocycles. The van der Waals surface area contributed by atoms with E-state index in [1.807, 2.05) is 12.1 Å². The highest BCUT2D eigenvalue weighted by Crippen LogP contribution is 2.31. The van der Waals surface area contributed by atoms with E-state index in [4.69, 9.17) is 11.6 Å². The van der Waals surface area contributed by atoms with E-state index in [-0.39, 0.29) is 24.1 Å². The highest BCUT2D eigenvalue weighted by Gasteiger charge is 2.22. The van der Waals surface area contributed by atoms with E-state index in [9.17, 15) is 9.59 Å². The van der Waals surface area contributed by atoms with Crippen LogP contribution in [-0.2, 0) is 0 Å². The Balaban J connectivity index is 0.00000320. The largest absolute Gasteiger partial charge is 1.00 e. The molecular formula is C22H24Cl2N3O2S-. The number of Topliss-reactive ketones (excluding diaryl/α,β-unsaturated/α-hetero) is 1. The number of hydrogen-bond donors (Lipinski definition) is 0. The molecule has 1 amide bonds. The lowest BCUT2D eigenvalue weighted by molar-refractivity contribution is -0.0000213. The van der Waals surface area contributed by atoms with Crippen molar-refractivity contribution in [3.05, 3.63) is 58.6 Å². The van der Waals surface area contributed by atoms with Gasteiger partial charge in [-0.1, -0.05) is 48.9 Å². The molecule has 0 N–H and O–H groups in total. The number of nitrogens with zero attached hydrogens (tertiary/aromatic N) is 3. The van der Waals surface area contributed by atoms with E-state index in [1.165, 1.54) is 18.3 Å². The van der Waals surface area contributed by atoms with Crippen molar-refractivity contribution in [3.63, 3.8) is 0 Å². The minimum atomic E-state index is -0.127. The van der Waals surface area contributed by atoms with Crippen LogP contribution in [0.1, 0.15) is 41.5 Å². The predicted molar refractivity (Wildman–Crippen MR) is 121 cm³/mol. The summed E-state index contributed by atoms with van der Waals surface area (Å²) in [6.45, 7) is 8.84. The summed E-state index contributed by atoms with van der Waals surface area (Å²) in [4.78, 5) is 33.5. The summed E-state index contributed by atoms with van der Waals surface area (Å²) in [7, 11) is 0. The summed E-state index contributed by atoms with van der Waals surface area (Å²) in [5.41, 5.74) is 1.94. The van der Waals surface area contributed by atoms with Gasteiger partial charge in [-0.15, -0.1) is 0 Å². The molecular weight excluding hydrogens is 441 g/mol. The van der Waals surface area contributed by atoms with Crippen molar-refractivity contribution < 1.29 is 22.0 Å². The summed E-state index contributed by atoms with van der Waals surface area (Å²) in [6.07, 6.45) is 0. The monoisotopic (exact) mass is 464 g/mol. The third-order valence-corrected chi connectivity index (χ3v) is 6.16. The highest BCUT2D eigenvalue weighted by atomic mass is 35.5. The minimum absolute atomic E-state index is 0. The van der Waals surface area contributed by atoms with Gasteiger partial charge in [0.2, 0.25) is 0 Å². The third-order valence-electron chi connectivity index (χ3n) is 4.89. The molecule has 0 aliphatic rings. The van der Waals surface area contributed by atoms with Crippen LogP contribution >= 0.6 is 22.9 Å². The molecule has 3 rings (SSSR count). The number of anilines is 1. The van der Waals surface area contributed by atoms with Gasteiger partial charge in [-0.05, 0) is 50.3 Å². The number of halogens is 2. The number of thiazole rings is 1. The van der Waals surface area contributed by atoms with Gasteiger partial charge < -0.3 is 17.3 Å². The number of benzene rings is 2. The lowest BCUT2D eigenvalue weighted by atomic mass is 10.1. The highest BCUT2D eigenvalue weighted by molar-refractivity contribution is 7.22. The molecule has 2 aromatic carbocycles. The zero-order valence-electron chi connectivity index (χ0n) is 17.2. The fraction of sp³-hybridized carbons (Fsp3) is 0.318. The second kappa shape index (κ2) is 10.9. The van der Waals surface area contributed by atoms with Crippen LogP contribution in [0.5, 0.6) is 0 Å². The molecule has 0 spiro atoms. The van der Waals surface area contributed by atoms with E-state index in [2.05, 4.69) is 23.7 Å². The molecule has 160 valence electrons. The van der Waals surface area contributed by atoms with Crippen molar-refractivity contribution in [2.24, 2.45) is 0 Å². The number of aromatic nitrogens is 1. The normalized spacial score (nSPS) is 10.8. The van der Waals surface area contributed by atoms with Crippen molar-refractivity contribution in [2.45, 2.75) is 20.8 Å². The fourth-order valence-electron chi connectivity index (χ4n) is 3.07. The van der Waals surface area contributed by atoms with Gasteiger partial charge in [-0.2, -0.15) is 0 Å². The van der Waals surface area contributed by atoms with Gasteiger partial charge in [0.15, 0.2) is 10.9 Å². The van der Waals surface area contributed by atoms with Crippen LogP contribution in [0.25, 0.3) is 10.2 Å². The van der Waals surface area contributed by atoms with Crippen molar-refractivity contribution in [2.75, 3.05) is 31.1 Å². The van der Waals surface area contributed by atoms with Crippen LogP contribution in [0, 0.1) is 0 Å². The Kier molecular flexibility index (Phi) is 8.79. The summed E-state index contributed by atoms with van der Waals surface area (Å²) >= 11 is 7.57. The van der Waals surface area contributed by atoms with Crippen molar-refractivity contribution >= 4 is 50.0 Å². The van der Waals surface area contributed by atoms with Gasteiger partial charge in [-0.3, -0.25) is 14.5 Å². The molecule has 0 fully saturated rings. The molecule has 0 radical (unpaired) electrons. The lowest BCUT2D eigenvalue weighted by Crippen LogP contribution is -3.00. The lowest BCUT2D eigenvalue weighted by Gasteiger charge is -2.24. The number of carbonyl (C=O) groups is 2. The van der Waals surface area contributed by atoms with Crippen LogP contribution in [-0.4, -0.2) is 47.8 Å². The van der Waals surface area contributed by atoms with E-state index in [1.54, 1.807) is 35.2 Å². The Morgan fingerprint density at radius 2 is 1.63 bits per heavy atom. The Morgan fingerprint density at radius 1 is 1.00 bits per heavy atom. The maximum absolute atomic E-state index is 13.3. The first-order valence-electron chi connectivity index (χ1n) is 9.64. The second-order valence-electron chi connectivity index (χ2n) is 6.73. The zero-order valence-corrected chi connectivity index (χ0v) is 19.5. The first kappa shape index (κ1) is 24.3. The van der Waals surface area contributed by atoms with Gasteiger partial charge in [-0.25, -0.2) is 4.98 Å². The van der Waals surface area contributed by atoms with E-state index in [0.717, 1.165) is 29.9 Å². The number of likely N-dealkylation sites (N-methyl/N-ethyl adjacent to an activating group) is 1. The van der Waals surface area contributed by atoms with E-state index >= 15 is 0 Å². The second-order valence-corrected chi connectivity index (χ2v) is 8.17. The number of rotatable bonds is 8. The van der Waals surface area contributed by atoms with Crippen molar-refractivity contribution in [1.82, 2.24) is 9.88 Å². The Morgan fingerprint density at radius 3 is 2.23 bits per heavy atom. The van der Waals surface area contributed by atoms with Gasteiger partial charge in [0.1, 0.15) is 0 Å². The third kappa shape index (κ3) is 5.58. The number of ketones is 1. The number of amides is 1. The topological polar surface area (TPSA) is 53.5 Å². The molecule has 1 aromatic heterocycles. The molecule has 30 heavy (non-hydrogen) atoms. The number of hydrogen-bond acceptors (Lipinski definition) is 5. The van der Waals surface area contributed by atoms with Crippen LogP contribution in [0.3, 0.4) is 0 Å². The van der Waals surface area contributed by atoms with E-state index < -0.39 is 0 Å². The minimum Gasteiger partial charge on any atom is -1.00 e. The first-order chi connectivity index (χ1) is 13.9. The van der Waals surface area contributed by atoms with Crippen molar-refractivity contribution in [1.29, 1.82) is 0 Å². The first-order valence-corrected chi connectivity index (χ1v) is 10.8. The van der Waals surface area contributed by atoms with Crippen LogP contribution in [0.4, 0.5) is 5.13 Å². The van der Waals surface area contributed by atoms with Crippen molar-refractivity contribution in [3.8, 4) is 0 Å². The molecule has 0 unspecified atom stereocenters. The molecule has 0 aliphatic carbocycles. The predicted octanol–water partition coefficient (Wildman–Crippen LogP) is 2.14. The summed E-state index contributed by atoms with van der Waals surface area (Å²) in [6, 6.07) is 12.3. The Hall–Kier alpha value is -1.99. The smallest absolute Gasteiger partial charge is 0.260 e. The quantitative estimate of drug-likeness (QED) is 0.479. The maximum atomic E-state index is 13.3. The molecule has 0 bridgehead atoms. The Bertz CT molecular complexity index is 1020. The summed E-state index contributed by atoms with van der Waals surface area (Å²) < 4.78 is 0.945. The van der Waals surface area contributed by atoms with Crippen LogP contribution < -0.4 is 17.3 Å². The fourth-order valence-corrected chi connectivity index (χ4v) is 4.34. The average Bonchev–Trinajstić information content (AvgIpc) is 3.13. The average molecular weight is 465 g/mol. The molecule has 0 aliphatic heterocycles. The Labute approximate surface area is 192 Å². The molecule has 3 aromatic rings. The SMILES string of the molecule is CCN(CC)CCN(C(=O)c1ccc(C(C)=O)cc1)c1nc2ccc(Cl)cc2s1.[Cl-]. The number of fused-ring (bicyclic) bond motifs is 1. The molecule has 8 heteroatoms. The van der Waals surface area contributed by atoms with Gasteiger partial charge in [0, 0.05) is 29.2 Å². The summed E-state index contributed by atoms with van der Waals surface area (Å²) in [5, 5.41) is 1.30. The van der Waals surface area contributed by atoms with Gasteiger partial charge in [0.05, 0.1) is 10.2 Å². The molecule has 1 heterocycles. The maximum Gasteiger partial charge on any atom is 0.260 e. The van der Waals surface area contributed by atoms with Gasteiger partial charge in [0.25, 0.3) is 5.91 Å². The van der Waals surface area contributed by atoms with E-state index in [0.29, 0.717) is 27.8 Å². The zero-order chi connectivity index (χ0) is 21.0. The van der Waals surface area contributed by atoms with Crippen LogP contribution in [0.15, 0.2) is 42.5 Å². The van der Waals surface area contributed by atoms with Gasteiger partial charge >= 0.3 is 0 Å². The van der Waals surface area contributed by atoms with Crippen LogP contribution in [0.2, 0.25) is 5.02 Å². The standard InChI is InChI=1S/C22H24ClN3O2S.ClH/c1-4-25(5-2)12-13-26(21(28)17-8-6-16(7-9-17)15(3)27)22-24-19-11-10-18(23)14-20(19)29-22;/h6-11,14H,4-5,12-13H2,1-3H3;1H/p-1. The molecule has 0 saturated carbocycles.